The van der Waals surface area contributed by atoms with E-state index in [2.05, 4.69) is 70.2 Å². The summed E-state index contributed by atoms with van der Waals surface area (Å²) < 4.78 is 1.10. The molecule has 1 atom stereocenters. The number of hydrogen-bond acceptors (Lipinski definition) is 2. The Labute approximate surface area is 135 Å². The van der Waals surface area contributed by atoms with Crippen LogP contribution in [-0.2, 0) is 6.42 Å². The van der Waals surface area contributed by atoms with Crippen LogP contribution >= 0.6 is 15.9 Å². The number of halogens is 1. The second kappa shape index (κ2) is 6.20. The predicted octanol–water partition coefficient (Wildman–Crippen LogP) is 4.94. The molecule has 2 nitrogen and oxygen atoms in total. The van der Waals surface area contributed by atoms with Gasteiger partial charge in [0.25, 0.3) is 0 Å². The largest absolute Gasteiger partial charge is 0.341 e. The van der Waals surface area contributed by atoms with Gasteiger partial charge in [0.05, 0.1) is 0 Å². The highest BCUT2D eigenvalue weighted by atomic mass is 79.9. The minimum Gasteiger partial charge on any atom is -0.341 e. The van der Waals surface area contributed by atoms with Crippen LogP contribution in [0.25, 0.3) is 0 Å². The Kier molecular flexibility index (Phi) is 4.32. The summed E-state index contributed by atoms with van der Waals surface area (Å²) in [5.74, 6) is 0. The summed E-state index contributed by atoms with van der Waals surface area (Å²) in [5.41, 5.74) is 11.4. The van der Waals surface area contributed by atoms with E-state index in [-0.39, 0.29) is 6.04 Å². The van der Waals surface area contributed by atoms with Crippen molar-refractivity contribution < 1.29 is 0 Å². The maximum atomic E-state index is 6.19. The van der Waals surface area contributed by atoms with Crippen LogP contribution in [0.5, 0.6) is 0 Å². The molecule has 2 N–H and O–H groups in total. The van der Waals surface area contributed by atoms with Crippen molar-refractivity contribution in [1.29, 1.82) is 0 Å². The average molecular weight is 345 g/mol. The molecule has 0 spiro atoms. The smallest absolute Gasteiger partial charge is 0.0470 e. The Morgan fingerprint density at radius 3 is 2.71 bits per heavy atom. The van der Waals surface area contributed by atoms with E-state index in [1.54, 1.807) is 0 Å². The van der Waals surface area contributed by atoms with Gasteiger partial charge in [-0.1, -0.05) is 40.2 Å². The number of fused-ring (bicyclic) bond motifs is 1. The number of anilines is 2. The van der Waals surface area contributed by atoms with E-state index in [9.17, 15) is 0 Å². The molecule has 0 fully saturated rings. The predicted molar refractivity (Wildman–Crippen MR) is 93.1 cm³/mol. The molecule has 0 radical (unpaired) electrons. The van der Waals surface area contributed by atoms with Gasteiger partial charge >= 0.3 is 0 Å². The fourth-order valence-electron chi connectivity index (χ4n) is 3.08. The maximum absolute atomic E-state index is 6.19. The lowest BCUT2D eigenvalue weighted by molar-refractivity contribution is 0.753. The van der Waals surface area contributed by atoms with Crippen molar-refractivity contribution in [2.75, 3.05) is 11.4 Å². The number of rotatable bonds is 2. The molecule has 110 valence electrons. The van der Waals surface area contributed by atoms with Crippen LogP contribution in [0.1, 0.15) is 36.9 Å². The molecule has 0 saturated carbocycles. The van der Waals surface area contributed by atoms with Crippen LogP contribution in [0.15, 0.2) is 46.9 Å². The van der Waals surface area contributed by atoms with E-state index < -0.39 is 0 Å². The second-order valence-electron chi connectivity index (χ2n) is 5.73. The molecule has 2 aromatic rings. The number of hydrogen-bond donors (Lipinski definition) is 1. The van der Waals surface area contributed by atoms with Gasteiger partial charge in [0.1, 0.15) is 0 Å². The summed E-state index contributed by atoms with van der Waals surface area (Å²) in [6, 6.07) is 15.2. The van der Waals surface area contributed by atoms with Gasteiger partial charge < -0.3 is 10.6 Å². The minimum absolute atomic E-state index is 0.0310. The first-order valence-corrected chi connectivity index (χ1v) is 8.36. The van der Waals surface area contributed by atoms with E-state index in [0.717, 1.165) is 17.4 Å². The van der Waals surface area contributed by atoms with Gasteiger partial charge in [-0.2, -0.15) is 0 Å². The fourth-order valence-corrected chi connectivity index (χ4v) is 3.43. The summed E-state index contributed by atoms with van der Waals surface area (Å²) in [5, 5.41) is 0. The highest BCUT2D eigenvalue weighted by molar-refractivity contribution is 9.10. The normalized spacial score (nSPS) is 16.2. The molecule has 0 aliphatic carbocycles. The van der Waals surface area contributed by atoms with E-state index in [1.807, 2.05) is 0 Å². The molecule has 0 bridgehead atoms. The lowest BCUT2D eigenvalue weighted by Crippen LogP contribution is -2.21. The third kappa shape index (κ3) is 2.99. The third-order valence-electron chi connectivity index (χ3n) is 4.13. The van der Waals surface area contributed by atoms with Gasteiger partial charge in [-0.3, -0.25) is 0 Å². The first kappa shape index (κ1) is 14.6. The molecule has 0 aromatic heterocycles. The summed E-state index contributed by atoms with van der Waals surface area (Å²) >= 11 is 3.60. The highest BCUT2D eigenvalue weighted by Gasteiger charge is 2.20. The molecule has 1 aliphatic rings. The Bertz CT molecular complexity index is 637. The van der Waals surface area contributed by atoms with Crippen molar-refractivity contribution in [2.45, 2.75) is 32.2 Å². The zero-order valence-electron chi connectivity index (χ0n) is 12.3. The van der Waals surface area contributed by atoms with Crippen LogP contribution in [0.2, 0.25) is 0 Å². The lowest BCUT2D eigenvalue weighted by atomic mass is 10.0. The Hall–Kier alpha value is -1.32. The van der Waals surface area contributed by atoms with E-state index in [4.69, 9.17) is 5.73 Å². The topological polar surface area (TPSA) is 29.3 Å². The quantitative estimate of drug-likeness (QED) is 0.835. The molecular formula is C18H21BrN2. The number of aryl methyl sites for hydroxylation is 1. The standard InChI is InChI=1S/C18H21BrN2/c1-13(20)16-10-9-15(19)12-18(16)21-11-5-4-7-14-6-2-3-8-17(14)21/h2-3,6,8-10,12-13H,4-5,7,11,20H2,1H3. The van der Waals surface area contributed by atoms with Gasteiger partial charge in [0.2, 0.25) is 0 Å². The van der Waals surface area contributed by atoms with Gasteiger partial charge in [-0.15, -0.1) is 0 Å². The highest BCUT2D eigenvalue weighted by Crippen LogP contribution is 2.37. The molecule has 1 aliphatic heterocycles. The van der Waals surface area contributed by atoms with E-state index in [1.165, 1.54) is 35.3 Å². The van der Waals surface area contributed by atoms with Crippen molar-refractivity contribution >= 4 is 27.3 Å². The van der Waals surface area contributed by atoms with Crippen LogP contribution in [-0.4, -0.2) is 6.54 Å². The maximum Gasteiger partial charge on any atom is 0.0470 e. The molecule has 3 heteroatoms. The minimum atomic E-state index is 0.0310. The zero-order chi connectivity index (χ0) is 14.8. The van der Waals surface area contributed by atoms with Gasteiger partial charge in [0, 0.05) is 28.4 Å². The SMILES string of the molecule is CC(N)c1ccc(Br)cc1N1CCCCc2ccccc21. The van der Waals surface area contributed by atoms with Crippen LogP contribution < -0.4 is 10.6 Å². The number of benzene rings is 2. The van der Waals surface area contributed by atoms with Crippen LogP contribution in [0.4, 0.5) is 11.4 Å². The monoisotopic (exact) mass is 344 g/mol. The Balaban J connectivity index is 2.14. The molecule has 0 amide bonds. The second-order valence-corrected chi connectivity index (χ2v) is 6.64. The zero-order valence-corrected chi connectivity index (χ0v) is 13.9. The molecule has 2 aromatic carbocycles. The van der Waals surface area contributed by atoms with Gasteiger partial charge in [-0.05, 0) is 55.5 Å². The van der Waals surface area contributed by atoms with Crippen molar-refractivity contribution in [3.05, 3.63) is 58.1 Å². The lowest BCUT2D eigenvalue weighted by Gasteiger charge is -2.28. The summed E-state index contributed by atoms with van der Waals surface area (Å²) in [6.45, 7) is 3.10. The molecule has 1 unspecified atom stereocenters. The molecule has 0 saturated heterocycles. The fraction of sp³-hybridized carbons (Fsp3) is 0.333. The number of nitrogens with two attached hydrogens (primary N) is 1. The molecule has 3 rings (SSSR count). The van der Waals surface area contributed by atoms with Crippen molar-refractivity contribution in [3.63, 3.8) is 0 Å². The summed E-state index contributed by atoms with van der Waals surface area (Å²) in [7, 11) is 0. The third-order valence-corrected chi connectivity index (χ3v) is 4.63. The Morgan fingerprint density at radius 2 is 1.90 bits per heavy atom. The first-order valence-electron chi connectivity index (χ1n) is 7.57. The van der Waals surface area contributed by atoms with Crippen molar-refractivity contribution in [3.8, 4) is 0 Å². The molecule has 21 heavy (non-hydrogen) atoms. The first-order chi connectivity index (χ1) is 10.2. The number of nitrogens with zero attached hydrogens (tertiary/aromatic N) is 1. The van der Waals surface area contributed by atoms with Crippen LogP contribution in [0.3, 0.4) is 0 Å². The summed E-state index contributed by atoms with van der Waals surface area (Å²) in [4.78, 5) is 2.44. The van der Waals surface area contributed by atoms with Crippen molar-refractivity contribution in [2.24, 2.45) is 5.73 Å². The van der Waals surface area contributed by atoms with Gasteiger partial charge in [-0.25, -0.2) is 0 Å². The Morgan fingerprint density at radius 1 is 1.10 bits per heavy atom. The van der Waals surface area contributed by atoms with Crippen LogP contribution in [0, 0.1) is 0 Å². The van der Waals surface area contributed by atoms with Gasteiger partial charge in [0.15, 0.2) is 0 Å². The molecule has 1 heterocycles. The average Bonchev–Trinajstić information content (AvgIpc) is 2.69. The van der Waals surface area contributed by atoms with Crippen molar-refractivity contribution in [1.82, 2.24) is 0 Å². The molecular weight excluding hydrogens is 324 g/mol. The number of para-hydroxylation sites is 1. The van der Waals surface area contributed by atoms with E-state index >= 15 is 0 Å². The summed E-state index contributed by atoms with van der Waals surface area (Å²) in [6.07, 6.45) is 3.61. The van der Waals surface area contributed by atoms with E-state index in [0.29, 0.717) is 0 Å².